The van der Waals surface area contributed by atoms with Crippen molar-refractivity contribution in [3.8, 4) is 0 Å². The molecule has 18 heavy (non-hydrogen) atoms. The molecule has 3 heteroatoms. The summed E-state index contributed by atoms with van der Waals surface area (Å²) in [7, 11) is 0. The Labute approximate surface area is 107 Å². The second kappa shape index (κ2) is 5.79. The number of rotatable bonds is 4. The van der Waals surface area contributed by atoms with Crippen LogP contribution in [0.2, 0.25) is 0 Å². The van der Waals surface area contributed by atoms with E-state index in [1.165, 1.54) is 6.07 Å². The average molecular weight is 254 g/mol. The molecule has 0 radical (unpaired) electrons. The van der Waals surface area contributed by atoms with Gasteiger partial charge in [0, 0.05) is 6.42 Å². The second-order valence-corrected chi connectivity index (χ2v) is 5.35. The Balaban J connectivity index is 1.98. The summed E-state index contributed by atoms with van der Waals surface area (Å²) in [4.78, 5) is 0. The Morgan fingerprint density at radius 2 is 2.11 bits per heavy atom. The van der Waals surface area contributed by atoms with E-state index in [4.69, 9.17) is 0 Å². The zero-order valence-electron chi connectivity index (χ0n) is 10.7. The first-order valence-corrected chi connectivity index (χ1v) is 6.72. The molecule has 1 N–H and O–H groups in total. The lowest BCUT2D eigenvalue weighted by Crippen LogP contribution is -2.21. The van der Waals surface area contributed by atoms with E-state index in [-0.39, 0.29) is 17.9 Å². The SMILES string of the molecule is CCC1CCC(C(O)Cc2cc(F)ccc2F)C1. The predicted molar refractivity (Wildman–Crippen MR) is 67.2 cm³/mol. The van der Waals surface area contributed by atoms with E-state index in [2.05, 4.69) is 6.92 Å². The Morgan fingerprint density at radius 1 is 1.33 bits per heavy atom. The molecule has 0 spiro atoms. The van der Waals surface area contributed by atoms with E-state index in [0.29, 0.717) is 5.92 Å². The average Bonchev–Trinajstić information content (AvgIpc) is 2.82. The molecule has 1 nitrogen and oxygen atoms in total. The monoisotopic (exact) mass is 254 g/mol. The summed E-state index contributed by atoms with van der Waals surface area (Å²) in [6.07, 6.45) is 3.94. The quantitative estimate of drug-likeness (QED) is 0.868. The molecule has 1 aromatic carbocycles. The van der Waals surface area contributed by atoms with Crippen LogP contribution in [0.3, 0.4) is 0 Å². The zero-order valence-corrected chi connectivity index (χ0v) is 10.7. The van der Waals surface area contributed by atoms with Crippen LogP contribution >= 0.6 is 0 Å². The lowest BCUT2D eigenvalue weighted by molar-refractivity contribution is 0.107. The Morgan fingerprint density at radius 3 is 2.78 bits per heavy atom. The number of aliphatic hydroxyl groups excluding tert-OH is 1. The van der Waals surface area contributed by atoms with Crippen molar-refractivity contribution in [2.45, 2.75) is 45.1 Å². The van der Waals surface area contributed by atoms with Crippen molar-refractivity contribution in [2.24, 2.45) is 11.8 Å². The van der Waals surface area contributed by atoms with Gasteiger partial charge in [-0.25, -0.2) is 8.78 Å². The van der Waals surface area contributed by atoms with Crippen molar-refractivity contribution < 1.29 is 13.9 Å². The van der Waals surface area contributed by atoms with E-state index < -0.39 is 17.7 Å². The first-order chi connectivity index (χ1) is 8.60. The normalized spacial score (nSPS) is 25.3. The molecule has 3 unspecified atom stereocenters. The Kier molecular flexibility index (Phi) is 4.33. The number of aliphatic hydroxyl groups is 1. The first-order valence-electron chi connectivity index (χ1n) is 6.72. The van der Waals surface area contributed by atoms with Gasteiger partial charge in [0.25, 0.3) is 0 Å². The second-order valence-electron chi connectivity index (χ2n) is 5.35. The summed E-state index contributed by atoms with van der Waals surface area (Å²) < 4.78 is 26.5. The van der Waals surface area contributed by atoms with Crippen LogP contribution in [0.25, 0.3) is 0 Å². The van der Waals surface area contributed by atoms with E-state index in [1.807, 2.05) is 0 Å². The van der Waals surface area contributed by atoms with Gasteiger partial charge < -0.3 is 5.11 Å². The van der Waals surface area contributed by atoms with E-state index in [9.17, 15) is 13.9 Å². The molecule has 100 valence electrons. The summed E-state index contributed by atoms with van der Waals surface area (Å²) in [5, 5.41) is 10.1. The third-order valence-corrected chi connectivity index (χ3v) is 4.14. The highest BCUT2D eigenvalue weighted by Gasteiger charge is 2.29. The fourth-order valence-corrected chi connectivity index (χ4v) is 2.93. The summed E-state index contributed by atoms with van der Waals surface area (Å²) in [6.45, 7) is 2.16. The molecule has 0 saturated heterocycles. The van der Waals surface area contributed by atoms with Crippen LogP contribution in [0.1, 0.15) is 38.2 Å². The summed E-state index contributed by atoms with van der Waals surface area (Å²) in [5.74, 6) is 0.0385. The highest BCUT2D eigenvalue weighted by Crippen LogP contribution is 2.35. The van der Waals surface area contributed by atoms with Crippen LogP contribution in [0.15, 0.2) is 18.2 Å². The number of halogens is 2. The summed E-state index contributed by atoms with van der Waals surface area (Å²) in [6, 6.07) is 3.42. The van der Waals surface area contributed by atoms with Crippen molar-refractivity contribution in [3.05, 3.63) is 35.4 Å². The minimum atomic E-state index is -0.558. The topological polar surface area (TPSA) is 20.2 Å². The zero-order chi connectivity index (χ0) is 13.1. The fourth-order valence-electron chi connectivity index (χ4n) is 2.93. The number of benzene rings is 1. The van der Waals surface area contributed by atoms with Gasteiger partial charge in [-0.05, 0) is 48.4 Å². The van der Waals surface area contributed by atoms with Crippen molar-refractivity contribution in [1.29, 1.82) is 0 Å². The molecule has 1 fully saturated rings. The van der Waals surface area contributed by atoms with Gasteiger partial charge in [0.2, 0.25) is 0 Å². The minimum absolute atomic E-state index is 0.213. The molecule has 1 aliphatic rings. The van der Waals surface area contributed by atoms with Crippen LogP contribution in [0, 0.1) is 23.5 Å². The number of hydrogen-bond donors (Lipinski definition) is 1. The van der Waals surface area contributed by atoms with Gasteiger partial charge in [-0.2, -0.15) is 0 Å². The Hall–Kier alpha value is -0.960. The molecule has 1 aromatic rings. The molecule has 1 saturated carbocycles. The lowest BCUT2D eigenvalue weighted by Gasteiger charge is -2.18. The Bertz CT molecular complexity index is 405. The van der Waals surface area contributed by atoms with Crippen LogP contribution in [-0.2, 0) is 6.42 Å². The van der Waals surface area contributed by atoms with Gasteiger partial charge in [0.15, 0.2) is 0 Å². The van der Waals surface area contributed by atoms with Gasteiger partial charge in [-0.3, -0.25) is 0 Å². The smallest absolute Gasteiger partial charge is 0.126 e. The molecule has 2 rings (SSSR count). The molecule has 0 amide bonds. The van der Waals surface area contributed by atoms with Crippen LogP contribution < -0.4 is 0 Å². The largest absolute Gasteiger partial charge is 0.392 e. The number of hydrogen-bond acceptors (Lipinski definition) is 1. The molecule has 0 heterocycles. The van der Waals surface area contributed by atoms with Crippen molar-refractivity contribution in [1.82, 2.24) is 0 Å². The third kappa shape index (κ3) is 3.08. The highest BCUT2D eigenvalue weighted by atomic mass is 19.1. The molecule has 0 aromatic heterocycles. The van der Waals surface area contributed by atoms with Gasteiger partial charge >= 0.3 is 0 Å². The van der Waals surface area contributed by atoms with Gasteiger partial charge in [0.05, 0.1) is 6.10 Å². The maximum Gasteiger partial charge on any atom is 0.126 e. The van der Waals surface area contributed by atoms with Crippen molar-refractivity contribution in [2.75, 3.05) is 0 Å². The maximum absolute atomic E-state index is 13.5. The summed E-state index contributed by atoms with van der Waals surface area (Å²) >= 11 is 0. The molecule has 3 atom stereocenters. The maximum atomic E-state index is 13.5. The minimum Gasteiger partial charge on any atom is -0.392 e. The van der Waals surface area contributed by atoms with Crippen molar-refractivity contribution >= 4 is 0 Å². The van der Waals surface area contributed by atoms with E-state index in [0.717, 1.165) is 37.8 Å². The molecule has 0 bridgehead atoms. The molecular weight excluding hydrogens is 234 g/mol. The van der Waals surface area contributed by atoms with Gasteiger partial charge in [-0.1, -0.05) is 19.8 Å². The van der Waals surface area contributed by atoms with E-state index in [1.54, 1.807) is 0 Å². The lowest BCUT2D eigenvalue weighted by atomic mass is 9.93. The predicted octanol–water partition coefficient (Wildman–Crippen LogP) is 3.69. The fraction of sp³-hybridized carbons (Fsp3) is 0.600. The van der Waals surface area contributed by atoms with Gasteiger partial charge in [0.1, 0.15) is 11.6 Å². The highest BCUT2D eigenvalue weighted by molar-refractivity contribution is 5.19. The van der Waals surface area contributed by atoms with E-state index >= 15 is 0 Å². The van der Waals surface area contributed by atoms with Gasteiger partial charge in [-0.15, -0.1) is 0 Å². The van der Waals surface area contributed by atoms with Crippen LogP contribution in [-0.4, -0.2) is 11.2 Å². The van der Waals surface area contributed by atoms with Crippen LogP contribution in [0.5, 0.6) is 0 Å². The van der Waals surface area contributed by atoms with Crippen LogP contribution in [0.4, 0.5) is 8.78 Å². The first kappa shape index (κ1) is 13.5. The summed E-state index contributed by atoms with van der Waals surface area (Å²) in [5.41, 5.74) is 0.280. The molecule has 1 aliphatic carbocycles. The molecule has 0 aliphatic heterocycles. The van der Waals surface area contributed by atoms with Crippen molar-refractivity contribution in [3.63, 3.8) is 0 Å². The molecular formula is C15H20F2O. The third-order valence-electron chi connectivity index (χ3n) is 4.14. The standard InChI is InChI=1S/C15H20F2O/c1-2-10-3-4-11(7-10)15(18)9-12-8-13(16)5-6-14(12)17/h5-6,8,10-11,15,18H,2-4,7,9H2,1H3.